The fourth-order valence-electron chi connectivity index (χ4n) is 2.52. The molecule has 1 atom stereocenters. The molecule has 1 unspecified atom stereocenters. The Morgan fingerprint density at radius 1 is 1.35 bits per heavy atom. The molecule has 0 saturated carbocycles. The zero-order valence-electron chi connectivity index (χ0n) is 14.6. The molecule has 7 nitrogen and oxygen atoms in total. The standard InChI is InChI=1S/C18H19BrN4O3/c1-12(26-13(2)24)3-4-15-9-17(23-18(22-15)16(19)10-21-23)25-11-14-5-7-20-8-6-14/h5-10,12H,3-4,11H2,1-2H3. The summed E-state index contributed by atoms with van der Waals surface area (Å²) in [6.45, 7) is 3.69. The van der Waals surface area contributed by atoms with E-state index in [1.54, 1.807) is 23.1 Å². The summed E-state index contributed by atoms with van der Waals surface area (Å²) in [7, 11) is 0. The van der Waals surface area contributed by atoms with Crippen LogP contribution in [-0.2, 0) is 22.6 Å². The van der Waals surface area contributed by atoms with Crippen LogP contribution in [0.2, 0.25) is 0 Å². The maximum atomic E-state index is 11.0. The topological polar surface area (TPSA) is 78.6 Å². The van der Waals surface area contributed by atoms with Crippen molar-refractivity contribution in [1.29, 1.82) is 0 Å². The Hall–Kier alpha value is -2.48. The van der Waals surface area contributed by atoms with Crippen molar-refractivity contribution in [3.05, 3.63) is 52.5 Å². The predicted octanol–water partition coefficient (Wildman–Crippen LogP) is 3.35. The van der Waals surface area contributed by atoms with Gasteiger partial charge in [-0.25, -0.2) is 4.98 Å². The van der Waals surface area contributed by atoms with Crippen LogP contribution in [0, 0.1) is 0 Å². The first-order valence-electron chi connectivity index (χ1n) is 8.25. The first-order chi connectivity index (χ1) is 12.5. The fourth-order valence-corrected chi connectivity index (χ4v) is 2.86. The third kappa shape index (κ3) is 4.57. The highest BCUT2D eigenvalue weighted by atomic mass is 79.9. The number of halogens is 1. The number of carbonyl (C=O) groups excluding carboxylic acids is 1. The van der Waals surface area contributed by atoms with Crippen molar-refractivity contribution in [2.24, 2.45) is 0 Å². The van der Waals surface area contributed by atoms with Gasteiger partial charge in [-0.3, -0.25) is 9.78 Å². The minimum Gasteiger partial charge on any atom is -0.473 e. The van der Waals surface area contributed by atoms with Gasteiger partial charge >= 0.3 is 5.97 Å². The summed E-state index contributed by atoms with van der Waals surface area (Å²) in [5.74, 6) is 0.327. The van der Waals surface area contributed by atoms with Crippen molar-refractivity contribution >= 4 is 27.5 Å². The third-order valence-electron chi connectivity index (χ3n) is 3.76. The van der Waals surface area contributed by atoms with Crippen LogP contribution < -0.4 is 4.74 Å². The van der Waals surface area contributed by atoms with Crippen LogP contribution in [0.25, 0.3) is 5.65 Å². The molecule has 0 fully saturated rings. The molecule has 0 aliphatic carbocycles. The Kier molecular flexibility index (Phi) is 5.82. The molecule has 136 valence electrons. The summed E-state index contributed by atoms with van der Waals surface area (Å²) in [6.07, 6.45) is 6.32. The van der Waals surface area contributed by atoms with Crippen molar-refractivity contribution in [3.8, 4) is 5.88 Å². The lowest BCUT2D eigenvalue weighted by molar-refractivity contribution is -0.145. The van der Waals surface area contributed by atoms with E-state index in [0.717, 1.165) is 15.7 Å². The van der Waals surface area contributed by atoms with Crippen LogP contribution in [-0.4, -0.2) is 31.7 Å². The van der Waals surface area contributed by atoms with Crippen LogP contribution in [0.4, 0.5) is 0 Å². The number of hydrogen-bond acceptors (Lipinski definition) is 6. The van der Waals surface area contributed by atoms with Crippen molar-refractivity contribution in [3.63, 3.8) is 0 Å². The predicted molar refractivity (Wildman–Crippen MR) is 98.8 cm³/mol. The van der Waals surface area contributed by atoms with Gasteiger partial charge in [0.15, 0.2) is 5.65 Å². The molecule has 8 heteroatoms. The van der Waals surface area contributed by atoms with E-state index in [2.05, 4.69) is 31.0 Å². The minimum absolute atomic E-state index is 0.167. The monoisotopic (exact) mass is 418 g/mol. The van der Waals surface area contributed by atoms with Crippen LogP contribution in [0.1, 0.15) is 31.5 Å². The molecule has 0 aliphatic heterocycles. The quantitative estimate of drug-likeness (QED) is 0.547. The van der Waals surface area contributed by atoms with Gasteiger partial charge in [0.05, 0.1) is 16.8 Å². The molecule has 3 aromatic rings. The number of esters is 1. The van der Waals surface area contributed by atoms with E-state index in [1.807, 2.05) is 25.1 Å². The van der Waals surface area contributed by atoms with Crippen molar-refractivity contribution in [1.82, 2.24) is 19.6 Å². The van der Waals surface area contributed by atoms with E-state index in [4.69, 9.17) is 9.47 Å². The Morgan fingerprint density at radius 2 is 2.12 bits per heavy atom. The Balaban J connectivity index is 1.79. The molecule has 0 spiro atoms. The van der Waals surface area contributed by atoms with Crippen LogP contribution in [0.3, 0.4) is 0 Å². The number of carbonyl (C=O) groups is 1. The second kappa shape index (κ2) is 8.27. The first-order valence-corrected chi connectivity index (χ1v) is 9.04. The molecular formula is C18H19BrN4O3. The molecule has 3 aromatic heterocycles. The van der Waals surface area contributed by atoms with Crippen molar-refractivity contribution in [2.45, 2.75) is 39.4 Å². The van der Waals surface area contributed by atoms with Gasteiger partial charge in [-0.15, -0.1) is 0 Å². The molecule has 0 N–H and O–H groups in total. The minimum atomic E-state index is -0.277. The molecule has 3 rings (SSSR count). The molecule has 0 amide bonds. The van der Waals surface area contributed by atoms with Crippen molar-refractivity contribution in [2.75, 3.05) is 0 Å². The summed E-state index contributed by atoms with van der Waals surface area (Å²) in [4.78, 5) is 19.7. The van der Waals surface area contributed by atoms with Crippen molar-refractivity contribution < 1.29 is 14.3 Å². The Morgan fingerprint density at radius 3 is 2.85 bits per heavy atom. The Bertz CT molecular complexity index is 898. The van der Waals surface area contributed by atoms with Gasteiger partial charge in [0, 0.05) is 31.1 Å². The van der Waals surface area contributed by atoms with Crippen LogP contribution in [0.5, 0.6) is 5.88 Å². The number of fused-ring (bicyclic) bond motifs is 1. The molecule has 0 saturated heterocycles. The highest BCUT2D eigenvalue weighted by molar-refractivity contribution is 9.10. The Labute approximate surface area is 159 Å². The fraction of sp³-hybridized carbons (Fsp3) is 0.333. The normalized spacial score (nSPS) is 12.1. The summed E-state index contributed by atoms with van der Waals surface area (Å²) in [6, 6.07) is 5.67. The number of aromatic nitrogens is 4. The van der Waals surface area contributed by atoms with E-state index in [-0.39, 0.29) is 12.1 Å². The van der Waals surface area contributed by atoms with Crippen LogP contribution in [0.15, 0.2) is 41.3 Å². The number of aryl methyl sites for hydroxylation is 1. The summed E-state index contributed by atoms with van der Waals surface area (Å²) >= 11 is 3.46. The third-order valence-corrected chi connectivity index (χ3v) is 4.32. The van der Waals surface area contributed by atoms with Crippen LogP contribution >= 0.6 is 15.9 Å². The smallest absolute Gasteiger partial charge is 0.302 e. The number of ether oxygens (including phenoxy) is 2. The van der Waals surface area contributed by atoms with Gasteiger partial charge in [0.1, 0.15) is 6.61 Å². The lowest BCUT2D eigenvalue weighted by Crippen LogP contribution is -2.13. The van der Waals surface area contributed by atoms with Gasteiger partial charge in [-0.05, 0) is 53.4 Å². The molecule has 3 heterocycles. The molecule has 0 aromatic carbocycles. The zero-order chi connectivity index (χ0) is 18.5. The van der Waals surface area contributed by atoms with E-state index < -0.39 is 0 Å². The number of rotatable bonds is 7. The highest BCUT2D eigenvalue weighted by Gasteiger charge is 2.13. The van der Waals surface area contributed by atoms with E-state index in [9.17, 15) is 4.79 Å². The number of hydrogen-bond donors (Lipinski definition) is 0. The average molecular weight is 419 g/mol. The maximum absolute atomic E-state index is 11.0. The van der Waals surface area contributed by atoms with Gasteiger partial charge in [-0.1, -0.05) is 0 Å². The average Bonchev–Trinajstić information content (AvgIpc) is 2.99. The number of pyridine rings is 1. The lowest BCUT2D eigenvalue weighted by Gasteiger charge is -2.13. The highest BCUT2D eigenvalue weighted by Crippen LogP contribution is 2.23. The lowest BCUT2D eigenvalue weighted by atomic mass is 10.1. The first kappa shape index (κ1) is 18.3. The van der Waals surface area contributed by atoms with Gasteiger partial charge < -0.3 is 9.47 Å². The largest absolute Gasteiger partial charge is 0.473 e. The second-order valence-corrected chi connectivity index (χ2v) is 6.77. The summed E-state index contributed by atoms with van der Waals surface area (Å²) in [5.41, 5.74) is 2.55. The number of nitrogens with zero attached hydrogens (tertiary/aromatic N) is 4. The molecule has 0 aliphatic rings. The van der Waals surface area contributed by atoms with Gasteiger partial charge in [0.25, 0.3) is 0 Å². The molecule has 0 radical (unpaired) electrons. The molecule has 26 heavy (non-hydrogen) atoms. The van der Waals surface area contributed by atoms with E-state index in [0.29, 0.717) is 31.0 Å². The molecule has 0 bridgehead atoms. The SMILES string of the molecule is CC(=O)OC(C)CCc1cc(OCc2ccncc2)n2ncc(Br)c2n1. The van der Waals surface area contributed by atoms with E-state index in [1.165, 1.54) is 6.92 Å². The molecular weight excluding hydrogens is 400 g/mol. The van der Waals surface area contributed by atoms with Gasteiger partial charge in [-0.2, -0.15) is 9.61 Å². The van der Waals surface area contributed by atoms with Gasteiger partial charge in [0.2, 0.25) is 5.88 Å². The zero-order valence-corrected chi connectivity index (χ0v) is 16.1. The second-order valence-electron chi connectivity index (χ2n) is 5.92. The van der Waals surface area contributed by atoms with E-state index >= 15 is 0 Å². The maximum Gasteiger partial charge on any atom is 0.302 e. The summed E-state index contributed by atoms with van der Waals surface area (Å²) in [5, 5.41) is 4.31. The summed E-state index contributed by atoms with van der Waals surface area (Å²) < 4.78 is 13.6.